The molecule has 1 N–H and O–H groups in total. The van der Waals surface area contributed by atoms with E-state index in [2.05, 4.69) is 0 Å². The van der Waals surface area contributed by atoms with Gasteiger partial charge in [-0.25, -0.2) is 4.79 Å². The lowest BCUT2D eigenvalue weighted by Crippen LogP contribution is -1.97. The second-order valence-electron chi connectivity index (χ2n) is 4.09. The maximum atomic E-state index is 10.8. The van der Waals surface area contributed by atoms with Crippen molar-refractivity contribution in [1.29, 1.82) is 0 Å². The summed E-state index contributed by atoms with van der Waals surface area (Å²) in [5.41, 5.74) is 1.58. The summed E-state index contributed by atoms with van der Waals surface area (Å²) in [6.07, 6.45) is 1.94. The Balaban J connectivity index is 3.11. The molecule has 3 heteroatoms. The fourth-order valence-electron chi connectivity index (χ4n) is 1.56. The van der Waals surface area contributed by atoms with E-state index in [4.69, 9.17) is 16.7 Å². The van der Waals surface area contributed by atoms with Crippen LogP contribution in [-0.2, 0) is 4.79 Å². The van der Waals surface area contributed by atoms with Gasteiger partial charge in [0, 0.05) is 11.1 Å². The minimum Gasteiger partial charge on any atom is -0.478 e. The molecular formula is C13H15ClO2. The molecule has 0 spiro atoms. The van der Waals surface area contributed by atoms with E-state index in [0.29, 0.717) is 17.4 Å². The average Bonchev–Trinajstić information content (AvgIpc) is 2.15. The van der Waals surface area contributed by atoms with E-state index in [1.807, 2.05) is 32.0 Å². The average molecular weight is 239 g/mol. The van der Waals surface area contributed by atoms with E-state index < -0.39 is 5.97 Å². The SMILES string of the molecule is CC(C)C/C(=C\C(=O)O)c1ccccc1Cl. The summed E-state index contributed by atoms with van der Waals surface area (Å²) in [7, 11) is 0. The van der Waals surface area contributed by atoms with Gasteiger partial charge in [0.25, 0.3) is 0 Å². The Kier molecular flexibility index (Phi) is 4.56. The number of allylic oxidation sites excluding steroid dienone is 1. The fraction of sp³-hybridized carbons (Fsp3) is 0.308. The van der Waals surface area contributed by atoms with Crippen molar-refractivity contribution < 1.29 is 9.90 Å². The molecule has 0 atom stereocenters. The van der Waals surface area contributed by atoms with Crippen molar-refractivity contribution in [2.24, 2.45) is 5.92 Å². The molecule has 2 nitrogen and oxygen atoms in total. The number of carboxylic acids is 1. The maximum Gasteiger partial charge on any atom is 0.328 e. The highest BCUT2D eigenvalue weighted by Gasteiger charge is 2.09. The van der Waals surface area contributed by atoms with Crippen LogP contribution in [0.5, 0.6) is 0 Å². The Morgan fingerprint density at radius 1 is 1.44 bits per heavy atom. The number of benzene rings is 1. The third-order valence-electron chi connectivity index (χ3n) is 2.15. The number of carbonyl (C=O) groups is 1. The van der Waals surface area contributed by atoms with Gasteiger partial charge in [-0.05, 0) is 29.5 Å². The Morgan fingerprint density at radius 2 is 2.06 bits per heavy atom. The Morgan fingerprint density at radius 3 is 2.56 bits per heavy atom. The first-order chi connectivity index (χ1) is 7.50. The molecule has 16 heavy (non-hydrogen) atoms. The van der Waals surface area contributed by atoms with Crippen LogP contribution >= 0.6 is 11.6 Å². The summed E-state index contributed by atoms with van der Waals surface area (Å²) in [5, 5.41) is 9.42. The summed E-state index contributed by atoms with van der Waals surface area (Å²) in [5.74, 6) is -0.544. The molecule has 0 amide bonds. The molecule has 0 aliphatic carbocycles. The minimum atomic E-state index is -0.935. The van der Waals surface area contributed by atoms with Gasteiger partial charge < -0.3 is 5.11 Å². The monoisotopic (exact) mass is 238 g/mol. The van der Waals surface area contributed by atoms with E-state index >= 15 is 0 Å². The lowest BCUT2D eigenvalue weighted by Gasteiger charge is -2.11. The Labute approximate surface area is 101 Å². The summed E-state index contributed by atoms with van der Waals surface area (Å²) in [4.78, 5) is 10.8. The van der Waals surface area contributed by atoms with E-state index in [-0.39, 0.29) is 0 Å². The summed E-state index contributed by atoms with van der Waals surface area (Å²) in [6, 6.07) is 7.31. The van der Waals surface area contributed by atoms with Crippen molar-refractivity contribution in [1.82, 2.24) is 0 Å². The van der Waals surface area contributed by atoms with Crippen LogP contribution in [0.1, 0.15) is 25.8 Å². The number of aliphatic carboxylic acids is 1. The van der Waals surface area contributed by atoms with Gasteiger partial charge in [-0.1, -0.05) is 43.6 Å². The molecular weight excluding hydrogens is 224 g/mol. The smallest absolute Gasteiger partial charge is 0.328 e. The Bertz CT molecular complexity index is 408. The molecule has 0 fully saturated rings. The van der Waals surface area contributed by atoms with Crippen molar-refractivity contribution in [3.8, 4) is 0 Å². The number of carboxylic acid groups (broad SMARTS) is 1. The molecule has 1 aromatic rings. The zero-order valence-electron chi connectivity index (χ0n) is 9.40. The molecule has 0 radical (unpaired) electrons. The predicted octanol–water partition coefficient (Wildman–Crippen LogP) is 3.85. The first-order valence-corrected chi connectivity index (χ1v) is 5.57. The number of halogens is 1. The van der Waals surface area contributed by atoms with Gasteiger partial charge in [-0.15, -0.1) is 0 Å². The van der Waals surface area contributed by atoms with Crippen molar-refractivity contribution in [2.45, 2.75) is 20.3 Å². The van der Waals surface area contributed by atoms with Crippen molar-refractivity contribution in [3.05, 3.63) is 40.9 Å². The van der Waals surface area contributed by atoms with Crippen LogP contribution in [0.15, 0.2) is 30.3 Å². The zero-order valence-corrected chi connectivity index (χ0v) is 10.2. The standard InChI is InChI=1S/C13H15ClO2/c1-9(2)7-10(8-13(15)16)11-5-3-4-6-12(11)14/h3-6,8-9H,7H2,1-2H3,(H,15,16)/b10-8+. The van der Waals surface area contributed by atoms with Crippen LogP contribution < -0.4 is 0 Å². The second-order valence-corrected chi connectivity index (χ2v) is 4.49. The summed E-state index contributed by atoms with van der Waals surface area (Å²) < 4.78 is 0. The van der Waals surface area contributed by atoms with E-state index in [1.165, 1.54) is 6.08 Å². The number of rotatable bonds is 4. The van der Waals surface area contributed by atoms with Gasteiger partial charge in [0.15, 0.2) is 0 Å². The third kappa shape index (κ3) is 3.70. The topological polar surface area (TPSA) is 37.3 Å². The van der Waals surface area contributed by atoms with E-state index in [1.54, 1.807) is 6.07 Å². The van der Waals surface area contributed by atoms with Gasteiger partial charge in [-0.3, -0.25) is 0 Å². The molecule has 0 saturated carbocycles. The molecule has 0 heterocycles. The molecule has 1 aromatic carbocycles. The van der Waals surface area contributed by atoms with Crippen LogP contribution in [-0.4, -0.2) is 11.1 Å². The largest absolute Gasteiger partial charge is 0.478 e. The first kappa shape index (κ1) is 12.8. The molecule has 0 aliphatic heterocycles. The van der Waals surface area contributed by atoms with Crippen LogP contribution in [0, 0.1) is 5.92 Å². The highest BCUT2D eigenvalue weighted by Crippen LogP contribution is 2.28. The number of hydrogen-bond donors (Lipinski definition) is 1. The van der Waals surface area contributed by atoms with Crippen molar-refractivity contribution in [3.63, 3.8) is 0 Å². The zero-order chi connectivity index (χ0) is 12.1. The minimum absolute atomic E-state index is 0.391. The second kappa shape index (κ2) is 5.71. The van der Waals surface area contributed by atoms with Gasteiger partial charge in [0.05, 0.1) is 0 Å². The van der Waals surface area contributed by atoms with Gasteiger partial charge in [-0.2, -0.15) is 0 Å². The Hall–Kier alpha value is -1.28. The molecule has 0 unspecified atom stereocenters. The van der Waals surface area contributed by atoms with Crippen molar-refractivity contribution >= 4 is 23.1 Å². The summed E-state index contributed by atoms with van der Waals surface area (Å²) >= 11 is 6.05. The quantitative estimate of drug-likeness (QED) is 0.809. The lowest BCUT2D eigenvalue weighted by molar-refractivity contribution is -0.131. The molecule has 1 rings (SSSR count). The van der Waals surface area contributed by atoms with E-state index in [9.17, 15) is 4.79 Å². The molecule has 86 valence electrons. The normalized spacial score (nSPS) is 11.9. The van der Waals surface area contributed by atoms with Gasteiger partial charge in [0.1, 0.15) is 0 Å². The van der Waals surface area contributed by atoms with Gasteiger partial charge >= 0.3 is 5.97 Å². The van der Waals surface area contributed by atoms with E-state index in [0.717, 1.165) is 11.1 Å². The van der Waals surface area contributed by atoms with Crippen LogP contribution in [0.25, 0.3) is 5.57 Å². The van der Waals surface area contributed by atoms with Crippen LogP contribution in [0.2, 0.25) is 5.02 Å². The van der Waals surface area contributed by atoms with Gasteiger partial charge in [0.2, 0.25) is 0 Å². The third-order valence-corrected chi connectivity index (χ3v) is 2.48. The van der Waals surface area contributed by atoms with Crippen LogP contribution in [0.4, 0.5) is 0 Å². The molecule has 0 aromatic heterocycles. The van der Waals surface area contributed by atoms with Crippen molar-refractivity contribution in [2.75, 3.05) is 0 Å². The molecule has 0 bridgehead atoms. The molecule has 0 saturated heterocycles. The molecule has 0 aliphatic rings. The number of hydrogen-bond acceptors (Lipinski definition) is 1. The fourth-order valence-corrected chi connectivity index (χ4v) is 1.81. The first-order valence-electron chi connectivity index (χ1n) is 5.19. The highest BCUT2D eigenvalue weighted by molar-refractivity contribution is 6.32. The predicted molar refractivity (Wildman–Crippen MR) is 66.5 cm³/mol. The maximum absolute atomic E-state index is 10.8. The lowest BCUT2D eigenvalue weighted by atomic mass is 9.96. The summed E-state index contributed by atoms with van der Waals surface area (Å²) in [6.45, 7) is 4.10. The highest BCUT2D eigenvalue weighted by atomic mass is 35.5. The van der Waals surface area contributed by atoms with Crippen LogP contribution in [0.3, 0.4) is 0 Å².